The monoisotopic (exact) mass is 385 g/mol. The molecule has 2 aromatic rings. The van der Waals surface area contributed by atoms with Gasteiger partial charge in [-0.15, -0.1) is 0 Å². The summed E-state index contributed by atoms with van der Waals surface area (Å²) in [5, 5.41) is 6.83. The Bertz CT molecular complexity index is 737. The van der Waals surface area contributed by atoms with E-state index in [1.165, 1.54) is 12.0 Å². The molecule has 2 heterocycles. The maximum absolute atomic E-state index is 5.82. The number of hydrogen-bond acceptors (Lipinski definition) is 4. The van der Waals surface area contributed by atoms with Crippen molar-refractivity contribution in [3.8, 4) is 5.75 Å². The first-order valence-corrected chi connectivity index (χ1v) is 10.0. The Morgan fingerprint density at radius 1 is 1.25 bits per heavy atom. The van der Waals surface area contributed by atoms with Crippen molar-refractivity contribution in [2.75, 3.05) is 26.8 Å². The number of guanidine groups is 1. The molecule has 0 radical (unpaired) electrons. The van der Waals surface area contributed by atoms with Crippen LogP contribution in [0, 0.1) is 6.92 Å². The fraction of sp³-hybridized carbons (Fsp3) is 0.500. The first-order chi connectivity index (χ1) is 13.7. The lowest BCUT2D eigenvalue weighted by atomic mass is 10.1. The van der Waals surface area contributed by atoms with Gasteiger partial charge in [-0.1, -0.05) is 12.1 Å². The summed E-state index contributed by atoms with van der Waals surface area (Å²) in [7, 11) is 1.70. The Balaban J connectivity index is 1.60. The van der Waals surface area contributed by atoms with Crippen LogP contribution in [0.25, 0.3) is 0 Å². The van der Waals surface area contributed by atoms with Gasteiger partial charge >= 0.3 is 0 Å². The number of rotatable bonds is 8. The fourth-order valence-electron chi connectivity index (χ4n) is 3.26. The Hall–Kier alpha value is -2.47. The van der Waals surface area contributed by atoms with Crippen molar-refractivity contribution in [2.24, 2.45) is 4.99 Å². The predicted octanol–water partition coefficient (Wildman–Crippen LogP) is 3.44. The number of furan rings is 1. The quantitative estimate of drug-likeness (QED) is 0.538. The molecule has 0 spiro atoms. The van der Waals surface area contributed by atoms with Gasteiger partial charge in [0, 0.05) is 31.7 Å². The molecule has 1 atom stereocenters. The number of methoxy groups -OCH3 is 1. The molecule has 0 saturated carbocycles. The molecule has 2 N–H and O–H groups in total. The van der Waals surface area contributed by atoms with Gasteiger partial charge in [0.05, 0.1) is 26.0 Å². The van der Waals surface area contributed by atoms with Crippen molar-refractivity contribution < 1.29 is 13.9 Å². The van der Waals surface area contributed by atoms with Crippen molar-refractivity contribution in [3.63, 3.8) is 0 Å². The standard InChI is InChI=1S/C22H31N3O3/c1-17-8-9-18(21(14-17)26-2)15-24-22(23-11-10-19-7-5-13-27-19)25-16-20-6-3-4-12-28-20/h5,7-9,13-14,20H,3-4,6,10-12,15-16H2,1-2H3,(H2,23,24,25). The first-order valence-electron chi connectivity index (χ1n) is 10.0. The van der Waals surface area contributed by atoms with Gasteiger partial charge in [0.2, 0.25) is 0 Å². The third-order valence-corrected chi connectivity index (χ3v) is 4.87. The van der Waals surface area contributed by atoms with Crippen LogP contribution in [0.4, 0.5) is 0 Å². The van der Waals surface area contributed by atoms with Gasteiger partial charge in [-0.25, -0.2) is 4.99 Å². The van der Waals surface area contributed by atoms with Crippen LogP contribution >= 0.6 is 0 Å². The minimum atomic E-state index is 0.250. The molecular weight excluding hydrogens is 354 g/mol. The fourth-order valence-corrected chi connectivity index (χ4v) is 3.26. The van der Waals surface area contributed by atoms with Gasteiger partial charge in [0.1, 0.15) is 11.5 Å². The number of nitrogens with zero attached hydrogens (tertiary/aromatic N) is 1. The molecule has 28 heavy (non-hydrogen) atoms. The zero-order chi connectivity index (χ0) is 19.6. The molecule has 6 heteroatoms. The van der Waals surface area contributed by atoms with Crippen LogP contribution in [0.5, 0.6) is 5.75 Å². The van der Waals surface area contributed by atoms with Gasteiger partial charge in [-0.05, 0) is 49.9 Å². The number of benzene rings is 1. The molecule has 1 aromatic heterocycles. The second kappa shape index (κ2) is 10.8. The molecule has 3 rings (SSSR count). The third kappa shape index (κ3) is 6.30. The predicted molar refractivity (Wildman–Crippen MR) is 111 cm³/mol. The van der Waals surface area contributed by atoms with Gasteiger partial charge < -0.3 is 24.5 Å². The van der Waals surface area contributed by atoms with E-state index in [0.717, 1.165) is 62.0 Å². The number of ether oxygens (including phenoxy) is 2. The van der Waals surface area contributed by atoms with E-state index in [-0.39, 0.29) is 6.10 Å². The Kier molecular flexibility index (Phi) is 7.79. The molecule has 152 valence electrons. The highest BCUT2D eigenvalue weighted by Gasteiger charge is 2.14. The van der Waals surface area contributed by atoms with Crippen molar-refractivity contribution >= 4 is 5.96 Å². The van der Waals surface area contributed by atoms with Gasteiger partial charge in [-0.3, -0.25) is 0 Å². The highest BCUT2D eigenvalue weighted by molar-refractivity contribution is 5.79. The minimum Gasteiger partial charge on any atom is -0.496 e. The smallest absolute Gasteiger partial charge is 0.191 e. The van der Waals surface area contributed by atoms with Crippen molar-refractivity contribution in [2.45, 2.75) is 45.3 Å². The number of aryl methyl sites for hydroxylation is 1. The van der Waals surface area contributed by atoms with Crippen LogP contribution in [0.2, 0.25) is 0 Å². The van der Waals surface area contributed by atoms with E-state index in [4.69, 9.17) is 18.9 Å². The highest BCUT2D eigenvalue weighted by atomic mass is 16.5. The van der Waals surface area contributed by atoms with Crippen LogP contribution in [-0.2, 0) is 17.7 Å². The number of aliphatic imine (C=N–C) groups is 1. The molecule has 1 aliphatic rings. The molecule has 1 unspecified atom stereocenters. The molecule has 6 nitrogen and oxygen atoms in total. The molecule has 0 aliphatic carbocycles. The van der Waals surface area contributed by atoms with E-state index < -0.39 is 0 Å². The second-order valence-corrected chi connectivity index (χ2v) is 7.11. The average molecular weight is 386 g/mol. The summed E-state index contributed by atoms with van der Waals surface area (Å²) in [6.07, 6.45) is 6.24. The highest BCUT2D eigenvalue weighted by Crippen LogP contribution is 2.20. The lowest BCUT2D eigenvalue weighted by Gasteiger charge is -2.24. The summed E-state index contributed by atoms with van der Waals surface area (Å²) in [6, 6.07) is 10.1. The van der Waals surface area contributed by atoms with E-state index in [9.17, 15) is 0 Å². The van der Waals surface area contributed by atoms with Crippen molar-refractivity contribution in [1.82, 2.24) is 10.6 Å². The van der Waals surface area contributed by atoms with Gasteiger partial charge in [0.25, 0.3) is 0 Å². The molecule has 1 fully saturated rings. The Morgan fingerprint density at radius 2 is 2.18 bits per heavy atom. The Labute approximate surface area is 167 Å². The van der Waals surface area contributed by atoms with Crippen LogP contribution in [0.1, 0.15) is 36.1 Å². The average Bonchev–Trinajstić information content (AvgIpc) is 3.24. The number of nitrogens with one attached hydrogen (secondary N) is 2. The maximum atomic E-state index is 5.82. The summed E-state index contributed by atoms with van der Waals surface area (Å²) in [5.41, 5.74) is 2.24. The van der Waals surface area contributed by atoms with Crippen molar-refractivity contribution in [1.29, 1.82) is 0 Å². The normalized spacial score (nSPS) is 17.4. The molecular formula is C22H31N3O3. The van der Waals surface area contributed by atoms with Gasteiger partial charge in [-0.2, -0.15) is 0 Å². The van der Waals surface area contributed by atoms with E-state index in [0.29, 0.717) is 6.54 Å². The van der Waals surface area contributed by atoms with Crippen LogP contribution in [-0.4, -0.2) is 38.9 Å². The van der Waals surface area contributed by atoms with Crippen LogP contribution < -0.4 is 15.4 Å². The van der Waals surface area contributed by atoms with E-state index >= 15 is 0 Å². The summed E-state index contributed by atoms with van der Waals surface area (Å²) < 4.78 is 16.7. The van der Waals surface area contributed by atoms with E-state index in [1.807, 2.05) is 18.2 Å². The zero-order valence-electron chi connectivity index (χ0n) is 16.9. The SMILES string of the molecule is COc1cc(C)ccc1CN=C(NCCc1ccco1)NCC1CCCCO1. The van der Waals surface area contributed by atoms with E-state index in [2.05, 4.69) is 29.7 Å². The summed E-state index contributed by atoms with van der Waals surface area (Å²) in [4.78, 5) is 4.76. The van der Waals surface area contributed by atoms with Gasteiger partial charge in [0.15, 0.2) is 5.96 Å². The minimum absolute atomic E-state index is 0.250. The molecule has 1 aromatic carbocycles. The lowest BCUT2D eigenvalue weighted by Crippen LogP contribution is -2.43. The van der Waals surface area contributed by atoms with Crippen LogP contribution in [0.15, 0.2) is 46.0 Å². The Morgan fingerprint density at radius 3 is 2.93 bits per heavy atom. The van der Waals surface area contributed by atoms with Crippen molar-refractivity contribution in [3.05, 3.63) is 53.5 Å². The van der Waals surface area contributed by atoms with Crippen LogP contribution in [0.3, 0.4) is 0 Å². The summed E-state index contributed by atoms with van der Waals surface area (Å²) in [5.74, 6) is 2.61. The number of hydrogen-bond donors (Lipinski definition) is 2. The largest absolute Gasteiger partial charge is 0.496 e. The molecule has 0 amide bonds. The second-order valence-electron chi connectivity index (χ2n) is 7.11. The topological polar surface area (TPSA) is 68.0 Å². The lowest BCUT2D eigenvalue weighted by molar-refractivity contribution is 0.0194. The summed E-state index contributed by atoms with van der Waals surface area (Å²) >= 11 is 0. The molecule has 1 aliphatic heterocycles. The molecule has 1 saturated heterocycles. The third-order valence-electron chi connectivity index (χ3n) is 4.87. The zero-order valence-corrected chi connectivity index (χ0v) is 16.9. The van der Waals surface area contributed by atoms with E-state index in [1.54, 1.807) is 13.4 Å². The molecule has 0 bridgehead atoms. The maximum Gasteiger partial charge on any atom is 0.191 e. The summed E-state index contributed by atoms with van der Waals surface area (Å²) in [6.45, 7) is 4.97. The first kappa shape index (κ1) is 20.3.